The Kier molecular flexibility index (Phi) is 8.67. The van der Waals surface area contributed by atoms with Crippen LogP contribution in [0.2, 0.25) is 0 Å². The highest BCUT2D eigenvalue weighted by atomic mass is 32.2. The summed E-state index contributed by atoms with van der Waals surface area (Å²) < 4.78 is 31.3. The molecule has 0 amide bonds. The van der Waals surface area contributed by atoms with Gasteiger partial charge in [0, 0.05) is 10.5 Å². The van der Waals surface area contributed by atoms with Gasteiger partial charge in [0.05, 0.1) is 17.7 Å². The van der Waals surface area contributed by atoms with Gasteiger partial charge >= 0.3 is 11.9 Å². The predicted molar refractivity (Wildman–Crippen MR) is 157 cm³/mol. The van der Waals surface area contributed by atoms with Crippen molar-refractivity contribution in [2.45, 2.75) is 48.0 Å². The maximum absolute atomic E-state index is 13.4. The van der Waals surface area contributed by atoms with E-state index in [4.69, 9.17) is 23.7 Å². The first-order chi connectivity index (χ1) is 20.5. The lowest BCUT2D eigenvalue weighted by molar-refractivity contribution is -0.317. The Labute approximate surface area is 248 Å². The largest absolute Gasteiger partial charge is 0.452 e. The molecule has 6 atom stereocenters. The molecule has 2 saturated heterocycles. The van der Waals surface area contributed by atoms with Crippen molar-refractivity contribution < 1.29 is 33.3 Å². The van der Waals surface area contributed by atoms with Crippen molar-refractivity contribution in [1.82, 2.24) is 0 Å². The molecule has 1 unspecified atom stereocenters. The first-order valence-corrected chi connectivity index (χ1v) is 14.7. The van der Waals surface area contributed by atoms with Crippen LogP contribution in [0.25, 0.3) is 0 Å². The van der Waals surface area contributed by atoms with E-state index in [-0.39, 0.29) is 6.61 Å². The predicted octanol–water partition coefficient (Wildman–Crippen LogP) is 6.38. The Morgan fingerprint density at radius 3 is 1.83 bits per heavy atom. The lowest BCUT2D eigenvalue weighted by atomic mass is 9.98. The SMILES string of the molecule is Cc1ccc(S[C@@H]2O[C@@H]3COC(c4ccccc4)O[C@@H]3[C@H](OC(=O)c3ccccc3)[C@H]2OC(=O)c2ccccc2)cc1. The Morgan fingerprint density at radius 1 is 0.690 bits per heavy atom. The summed E-state index contributed by atoms with van der Waals surface area (Å²) in [5.74, 6) is -1.10. The molecule has 0 aliphatic carbocycles. The van der Waals surface area contributed by atoms with Crippen LogP contribution in [0.4, 0.5) is 0 Å². The number of ether oxygens (including phenoxy) is 5. The summed E-state index contributed by atoms with van der Waals surface area (Å²) in [6.45, 7) is 2.22. The van der Waals surface area contributed by atoms with E-state index in [1.54, 1.807) is 48.5 Å². The van der Waals surface area contributed by atoms with Gasteiger partial charge < -0.3 is 23.7 Å². The van der Waals surface area contributed by atoms with Crippen LogP contribution >= 0.6 is 11.8 Å². The normalized spacial score (nSPS) is 25.2. The molecule has 214 valence electrons. The number of hydrogen-bond donors (Lipinski definition) is 0. The zero-order valence-corrected chi connectivity index (χ0v) is 23.7. The lowest BCUT2D eigenvalue weighted by Crippen LogP contribution is -2.63. The smallest absolute Gasteiger partial charge is 0.338 e. The highest BCUT2D eigenvalue weighted by Gasteiger charge is 2.54. The zero-order chi connectivity index (χ0) is 28.9. The fourth-order valence-corrected chi connectivity index (χ4v) is 6.07. The average Bonchev–Trinajstić information content (AvgIpc) is 3.04. The van der Waals surface area contributed by atoms with Crippen LogP contribution in [0.15, 0.2) is 120 Å². The van der Waals surface area contributed by atoms with Crippen LogP contribution in [0, 0.1) is 6.92 Å². The monoisotopic (exact) mass is 582 g/mol. The van der Waals surface area contributed by atoms with Crippen LogP contribution in [0.5, 0.6) is 0 Å². The summed E-state index contributed by atoms with van der Waals surface area (Å²) in [7, 11) is 0. The number of hydrogen-bond acceptors (Lipinski definition) is 8. The van der Waals surface area contributed by atoms with Crippen molar-refractivity contribution in [1.29, 1.82) is 0 Å². The van der Waals surface area contributed by atoms with Crippen LogP contribution in [0.1, 0.15) is 38.1 Å². The molecule has 2 fully saturated rings. The molecule has 0 aromatic heterocycles. The molecule has 4 aromatic rings. The number of thioether (sulfide) groups is 1. The highest BCUT2D eigenvalue weighted by molar-refractivity contribution is 7.99. The molecular weight excluding hydrogens is 552 g/mol. The molecular formula is C34H30O7S. The van der Waals surface area contributed by atoms with Crippen molar-refractivity contribution in [3.63, 3.8) is 0 Å². The number of esters is 2. The number of rotatable bonds is 7. The standard InChI is InChI=1S/C34H30O7S/c1-22-17-19-26(20-18-22)42-34-30(40-32(36)24-13-7-3-8-14-24)29(39-31(35)23-11-5-2-6-12-23)28-27(38-34)21-37-33(41-28)25-15-9-4-10-16-25/h2-20,27-30,33-34H,21H2,1H3/t27-,28+,29+,30-,33?,34+/m1/s1. The maximum atomic E-state index is 13.4. The van der Waals surface area contributed by atoms with E-state index in [1.165, 1.54) is 11.8 Å². The van der Waals surface area contributed by atoms with Crippen molar-refractivity contribution in [2.75, 3.05) is 6.61 Å². The summed E-state index contributed by atoms with van der Waals surface area (Å²) >= 11 is 1.40. The topological polar surface area (TPSA) is 80.3 Å². The number of carbonyl (C=O) groups is 2. The summed E-state index contributed by atoms with van der Waals surface area (Å²) in [6, 6.07) is 34.9. The fraction of sp³-hybridized carbons (Fsp3) is 0.235. The van der Waals surface area contributed by atoms with Gasteiger partial charge in [0.25, 0.3) is 0 Å². The Bertz CT molecular complexity index is 1480. The minimum atomic E-state index is -0.993. The van der Waals surface area contributed by atoms with Crippen molar-refractivity contribution in [3.05, 3.63) is 138 Å². The van der Waals surface area contributed by atoms with Crippen LogP contribution in [-0.2, 0) is 23.7 Å². The minimum Gasteiger partial charge on any atom is -0.452 e. The summed E-state index contributed by atoms with van der Waals surface area (Å²) in [5.41, 5.74) is 1.98. The third-order valence-corrected chi connectivity index (χ3v) is 8.29. The Hall–Kier alpha value is -3.95. The Balaban J connectivity index is 1.36. The molecule has 4 aromatic carbocycles. The first kappa shape index (κ1) is 28.2. The van der Waals surface area contributed by atoms with E-state index < -0.39 is 48.1 Å². The van der Waals surface area contributed by atoms with Gasteiger partial charge in [-0.15, -0.1) is 0 Å². The van der Waals surface area contributed by atoms with Crippen LogP contribution in [-0.4, -0.2) is 48.4 Å². The molecule has 2 heterocycles. The van der Waals surface area contributed by atoms with Gasteiger partial charge in [-0.25, -0.2) is 9.59 Å². The van der Waals surface area contributed by atoms with Gasteiger partial charge in [0.15, 0.2) is 18.5 Å². The van der Waals surface area contributed by atoms with Crippen LogP contribution < -0.4 is 0 Å². The van der Waals surface area contributed by atoms with Crippen molar-refractivity contribution in [3.8, 4) is 0 Å². The number of aryl methyl sites for hydroxylation is 1. The number of fused-ring (bicyclic) bond motifs is 1. The van der Waals surface area contributed by atoms with Gasteiger partial charge in [-0.3, -0.25) is 0 Å². The summed E-state index contributed by atoms with van der Waals surface area (Å²) in [4.78, 5) is 27.8. The second kappa shape index (κ2) is 12.9. The average molecular weight is 583 g/mol. The molecule has 0 saturated carbocycles. The van der Waals surface area contributed by atoms with Gasteiger partial charge in [-0.1, -0.05) is 96.2 Å². The fourth-order valence-electron chi connectivity index (χ4n) is 4.96. The van der Waals surface area contributed by atoms with E-state index in [2.05, 4.69) is 0 Å². The molecule has 0 bridgehead atoms. The maximum Gasteiger partial charge on any atom is 0.338 e. The number of benzene rings is 4. The van der Waals surface area contributed by atoms with E-state index >= 15 is 0 Å². The second-order valence-corrected chi connectivity index (χ2v) is 11.3. The second-order valence-electron chi connectivity index (χ2n) is 10.1. The molecule has 0 radical (unpaired) electrons. The third-order valence-electron chi connectivity index (χ3n) is 7.13. The van der Waals surface area contributed by atoms with Gasteiger partial charge in [0.2, 0.25) is 0 Å². The van der Waals surface area contributed by atoms with Gasteiger partial charge in [-0.05, 0) is 43.3 Å². The third kappa shape index (κ3) is 6.42. The van der Waals surface area contributed by atoms with E-state index in [9.17, 15) is 9.59 Å². The summed E-state index contributed by atoms with van der Waals surface area (Å²) in [6.07, 6.45) is -4.02. The molecule has 0 N–H and O–H groups in total. The van der Waals surface area contributed by atoms with Crippen molar-refractivity contribution in [2.24, 2.45) is 0 Å². The summed E-state index contributed by atoms with van der Waals surface area (Å²) in [5, 5.41) is 0. The van der Waals surface area contributed by atoms with E-state index in [0.29, 0.717) is 11.1 Å². The molecule has 7 nitrogen and oxygen atoms in total. The van der Waals surface area contributed by atoms with E-state index in [0.717, 1.165) is 16.0 Å². The molecule has 2 aliphatic rings. The van der Waals surface area contributed by atoms with Crippen LogP contribution in [0.3, 0.4) is 0 Å². The first-order valence-electron chi connectivity index (χ1n) is 13.8. The minimum absolute atomic E-state index is 0.202. The zero-order valence-electron chi connectivity index (χ0n) is 22.9. The van der Waals surface area contributed by atoms with Gasteiger partial charge in [0.1, 0.15) is 17.6 Å². The quantitative estimate of drug-likeness (QED) is 0.232. The molecule has 2 aliphatic heterocycles. The number of carbonyl (C=O) groups excluding carboxylic acids is 2. The molecule has 42 heavy (non-hydrogen) atoms. The van der Waals surface area contributed by atoms with Crippen molar-refractivity contribution >= 4 is 23.7 Å². The lowest BCUT2D eigenvalue weighted by Gasteiger charge is -2.48. The van der Waals surface area contributed by atoms with Gasteiger partial charge in [-0.2, -0.15) is 0 Å². The van der Waals surface area contributed by atoms with E-state index in [1.807, 2.05) is 73.7 Å². The highest BCUT2D eigenvalue weighted by Crippen LogP contribution is 2.41. The molecule has 6 rings (SSSR count). The molecule has 8 heteroatoms. The Morgan fingerprint density at radius 2 is 1.24 bits per heavy atom. The molecule has 0 spiro atoms.